The number of halogens is 3. The monoisotopic (exact) mass is 503 g/mol. The van der Waals surface area contributed by atoms with Gasteiger partial charge in [-0.3, -0.25) is 20.0 Å². The summed E-state index contributed by atoms with van der Waals surface area (Å²) in [6, 6.07) is 11.3. The molecule has 0 aliphatic carbocycles. The largest absolute Gasteiger partial charge is 0.342 e. The Bertz CT molecular complexity index is 1100. The van der Waals surface area contributed by atoms with Crippen molar-refractivity contribution in [3.63, 3.8) is 0 Å². The number of hydrogen-bond acceptors (Lipinski definition) is 7. The van der Waals surface area contributed by atoms with Crippen molar-refractivity contribution in [3.8, 4) is 0 Å². The summed E-state index contributed by atoms with van der Waals surface area (Å²) in [6.45, 7) is 3.40. The highest BCUT2D eigenvalue weighted by atomic mass is 19.3. The second kappa shape index (κ2) is 10.9. The van der Waals surface area contributed by atoms with Gasteiger partial charge in [0.2, 0.25) is 17.6 Å². The fourth-order valence-corrected chi connectivity index (χ4v) is 4.15. The standard InChI is InChI=1S/C24H28F3N7O2/c1-14(2)16-8-9-18(28-11-16)21(15-6-4-3-5-7-15)29-24(36)19-10-17(25)12-33(19)20(35)13-34-31-23(22(26)27)30-32-34/h3-9,11,14,17,19,21-22,32H,10,12-13H2,1-2H3,(H,29,36)(H,30,31)/t17-,19+,21+/m1/s1. The number of carbonyl (C=O) groups excluding carboxylic acids is 2. The van der Waals surface area contributed by atoms with Crippen LogP contribution in [0.1, 0.15) is 49.0 Å². The molecule has 1 aromatic carbocycles. The molecular formula is C24H28F3N7O2. The third-order valence-corrected chi connectivity index (χ3v) is 6.10. The zero-order valence-electron chi connectivity index (χ0n) is 19.9. The number of hydrazone groups is 1. The van der Waals surface area contributed by atoms with E-state index in [0.717, 1.165) is 21.1 Å². The molecule has 192 valence electrons. The Hall–Kier alpha value is -3.67. The molecule has 2 aliphatic rings. The summed E-state index contributed by atoms with van der Waals surface area (Å²) >= 11 is 0. The van der Waals surface area contributed by atoms with Crippen molar-refractivity contribution < 1.29 is 22.8 Å². The number of amides is 2. The highest BCUT2D eigenvalue weighted by Gasteiger charge is 2.41. The predicted molar refractivity (Wildman–Crippen MR) is 126 cm³/mol. The molecule has 12 heteroatoms. The number of alkyl halides is 3. The number of hydrogen-bond donors (Lipinski definition) is 3. The Morgan fingerprint density at radius 1 is 1.14 bits per heavy atom. The van der Waals surface area contributed by atoms with E-state index >= 15 is 0 Å². The van der Waals surface area contributed by atoms with E-state index in [1.165, 1.54) is 0 Å². The van der Waals surface area contributed by atoms with E-state index in [2.05, 4.69) is 40.2 Å². The van der Waals surface area contributed by atoms with Crippen LogP contribution in [0.15, 0.2) is 53.8 Å². The number of aromatic nitrogens is 1. The maximum Gasteiger partial charge on any atom is 0.298 e. The van der Waals surface area contributed by atoms with Gasteiger partial charge in [0, 0.05) is 12.6 Å². The Labute approximate surface area is 206 Å². The molecule has 3 atom stereocenters. The third kappa shape index (κ3) is 5.76. The fourth-order valence-electron chi connectivity index (χ4n) is 4.15. The van der Waals surface area contributed by atoms with Gasteiger partial charge in [0.25, 0.3) is 6.43 Å². The van der Waals surface area contributed by atoms with Gasteiger partial charge in [-0.2, -0.15) is 0 Å². The van der Waals surface area contributed by atoms with Gasteiger partial charge in [-0.05, 0) is 23.1 Å². The lowest BCUT2D eigenvalue weighted by Crippen LogP contribution is -2.53. The first-order valence-electron chi connectivity index (χ1n) is 11.6. The molecule has 2 amide bonds. The van der Waals surface area contributed by atoms with E-state index in [9.17, 15) is 22.8 Å². The van der Waals surface area contributed by atoms with E-state index in [1.807, 2.05) is 42.5 Å². The third-order valence-electron chi connectivity index (χ3n) is 6.10. The number of pyridine rings is 1. The number of likely N-dealkylation sites (tertiary alicyclic amines) is 1. The highest BCUT2D eigenvalue weighted by Crippen LogP contribution is 2.26. The van der Waals surface area contributed by atoms with Crippen LogP contribution in [0.5, 0.6) is 0 Å². The molecule has 2 aromatic rings. The first kappa shape index (κ1) is 25.4. The molecule has 1 saturated heterocycles. The Balaban J connectivity index is 1.49. The predicted octanol–water partition coefficient (Wildman–Crippen LogP) is 2.25. The Morgan fingerprint density at radius 2 is 1.89 bits per heavy atom. The van der Waals surface area contributed by atoms with Gasteiger partial charge < -0.3 is 10.2 Å². The second-order valence-electron chi connectivity index (χ2n) is 9.01. The van der Waals surface area contributed by atoms with E-state index < -0.39 is 48.9 Å². The van der Waals surface area contributed by atoms with Crippen molar-refractivity contribution in [2.75, 3.05) is 13.1 Å². The smallest absolute Gasteiger partial charge is 0.298 e. The molecule has 3 heterocycles. The van der Waals surface area contributed by atoms with Crippen LogP contribution in [0.2, 0.25) is 0 Å². The molecule has 0 bridgehead atoms. The van der Waals surface area contributed by atoms with Crippen LogP contribution in [0, 0.1) is 0 Å². The molecule has 1 fully saturated rings. The summed E-state index contributed by atoms with van der Waals surface area (Å²) in [5.41, 5.74) is 6.96. The lowest BCUT2D eigenvalue weighted by molar-refractivity contribution is -0.140. The first-order valence-corrected chi connectivity index (χ1v) is 11.6. The average Bonchev–Trinajstić information content (AvgIpc) is 3.50. The summed E-state index contributed by atoms with van der Waals surface area (Å²) in [6.07, 6.45) is -2.65. The molecule has 9 nitrogen and oxygen atoms in total. The van der Waals surface area contributed by atoms with Gasteiger partial charge in [-0.1, -0.05) is 50.2 Å². The van der Waals surface area contributed by atoms with Crippen molar-refractivity contribution in [2.24, 2.45) is 5.10 Å². The number of carbonyl (C=O) groups is 2. The number of nitrogens with one attached hydrogen (secondary N) is 3. The molecule has 0 radical (unpaired) electrons. The quantitative estimate of drug-likeness (QED) is 0.511. The van der Waals surface area contributed by atoms with Gasteiger partial charge >= 0.3 is 0 Å². The zero-order chi connectivity index (χ0) is 25.8. The van der Waals surface area contributed by atoms with Crippen LogP contribution < -0.4 is 16.3 Å². The lowest BCUT2D eigenvalue weighted by Gasteiger charge is -2.28. The number of rotatable bonds is 8. The number of nitrogens with zero attached hydrogens (tertiary/aromatic N) is 4. The summed E-state index contributed by atoms with van der Waals surface area (Å²) in [5, 5.41) is 7.28. The molecule has 0 spiro atoms. The average molecular weight is 504 g/mol. The summed E-state index contributed by atoms with van der Waals surface area (Å²) < 4.78 is 39.9. The van der Waals surface area contributed by atoms with Gasteiger partial charge in [-0.25, -0.2) is 18.7 Å². The minimum Gasteiger partial charge on any atom is -0.342 e. The summed E-state index contributed by atoms with van der Waals surface area (Å²) in [5.74, 6) is -1.49. The molecule has 4 rings (SSSR count). The topological polar surface area (TPSA) is 102 Å². The van der Waals surface area contributed by atoms with Crippen LogP contribution >= 0.6 is 0 Å². The lowest BCUT2D eigenvalue weighted by atomic mass is 10.00. The van der Waals surface area contributed by atoms with Crippen LogP contribution in [-0.4, -0.2) is 64.4 Å². The minimum absolute atomic E-state index is 0.168. The van der Waals surface area contributed by atoms with E-state index in [-0.39, 0.29) is 18.9 Å². The minimum atomic E-state index is -2.85. The van der Waals surface area contributed by atoms with Crippen molar-refractivity contribution in [1.29, 1.82) is 0 Å². The van der Waals surface area contributed by atoms with Crippen LogP contribution in [-0.2, 0) is 9.59 Å². The van der Waals surface area contributed by atoms with Crippen molar-refractivity contribution in [1.82, 2.24) is 31.3 Å². The van der Waals surface area contributed by atoms with Crippen LogP contribution in [0.4, 0.5) is 13.2 Å². The van der Waals surface area contributed by atoms with E-state index in [0.29, 0.717) is 5.69 Å². The van der Waals surface area contributed by atoms with E-state index in [1.54, 1.807) is 6.20 Å². The number of hydrazine groups is 2. The van der Waals surface area contributed by atoms with Gasteiger partial charge in [0.1, 0.15) is 18.8 Å². The second-order valence-corrected chi connectivity index (χ2v) is 9.01. The normalized spacial score (nSPS) is 20.8. The van der Waals surface area contributed by atoms with Gasteiger partial charge in [0.05, 0.1) is 18.3 Å². The van der Waals surface area contributed by atoms with E-state index in [4.69, 9.17) is 0 Å². The highest BCUT2D eigenvalue weighted by molar-refractivity contribution is 5.90. The van der Waals surface area contributed by atoms with Crippen LogP contribution in [0.3, 0.4) is 0 Å². The maximum absolute atomic E-state index is 14.4. The van der Waals surface area contributed by atoms with Crippen molar-refractivity contribution >= 4 is 17.6 Å². The maximum atomic E-state index is 14.4. The van der Waals surface area contributed by atoms with Crippen molar-refractivity contribution in [3.05, 3.63) is 65.5 Å². The molecule has 2 aliphatic heterocycles. The van der Waals surface area contributed by atoms with Gasteiger partial charge in [0.15, 0.2) is 0 Å². The van der Waals surface area contributed by atoms with Gasteiger partial charge in [-0.15, -0.1) is 10.2 Å². The fraction of sp³-hybridized carbons (Fsp3) is 0.417. The Morgan fingerprint density at radius 3 is 2.50 bits per heavy atom. The molecule has 0 saturated carbocycles. The zero-order valence-corrected chi connectivity index (χ0v) is 19.9. The molecule has 0 unspecified atom stereocenters. The number of amidine groups is 1. The van der Waals surface area contributed by atoms with Crippen LogP contribution in [0.25, 0.3) is 0 Å². The molecule has 36 heavy (non-hydrogen) atoms. The number of benzene rings is 1. The molecule has 1 aromatic heterocycles. The SMILES string of the molecule is CC(C)c1ccc([C@@H](NC(=O)[C@@H]2C[C@@H](F)CN2C(=O)CN2NN=C(C(F)F)N2)c2ccccc2)nc1. The summed E-state index contributed by atoms with van der Waals surface area (Å²) in [4.78, 5) is 31.9. The molecular weight excluding hydrogens is 475 g/mol. The Kier molecular flexibility index (Phi) is 7.73. The first-order chi connectivity index (χ1) is 17.2. The molecule has 3 N–H and O–H groups in total. The summed E-state index contributed by atoms with van der Waals surface area (Å²) in [7, 11) is 0. The van der Waals surface area contributed by atoms with Crippen molar-refractivity contribution in [2.45, 2.75) is 50.9 Å².